The maximum absolute atomic E-state index is 13.3. The van der Waals surface area contributed by atoms with Crippen LogP contribution in [0.15, 0.2) is 42.5 Å². The Kier molecular flexibility index (Phi) is 2.78. The third-order valence-corrected chi connectivity index (χ3v) is 3.68. The van der Waals surface area contributed by atoms with Crippen molar-refractivity contribution in [2.24, 2.45) is 0 Å². The van der Waals surface area contributed by atoms with Gasteiger partial charge in [-0.1, -0.05) is 30.7 Å². The zero-order valence-electron chi connectivity index (χ0n) is 10.1. The van der Waals surface area contributed by atoms with Crippen molar-refractivity contribution in [3.05, 3.63) is 53.8 Å². The van der Waals surface area contributed by atoms with E-state index in [9.17, 15) is 9.50 Å². The largest absolute Gasteiger partial charge is 0.508 e. The molecule has 0 bridgehead atoms. The van der Waals surface area contributed by atoms with Gasteiger partial charge < -0.3 is 5.11 Å². The Labute approximate surface area is 106 Å². The molecule has 0 heterocycles. The summed E-state index contributed by atoms with van der Waals surface area (Å²) in [6, 6.07) is 12.4. The fourth-order valence-corrected chi connectivity index (χ4v) is 2.45. The van der Waals surface area contributed by atoms with Crippen LogP contribution in [0.2, 0.25) is 0 Å². The zero-order valence-corrected chi connectivity index (χ0v) is 10.1. The molecule has 0 spiro atoms. The Hall–Kier alpha value is -1.83. The number of phenols is 1. The molecule has 0 amide bonds. The second-order valence-electron chi connectivity index (χ2n) is 4.95. The first-order valence-electron chi connectivity index (χ1n) is 6.32. The van der Waals surface area contributed by atoms with Crippen molar-refractivity contribution in [1.29, 1.82) is 0 Å². The topological polar surface area (TPSA) is 20.2 Å². The Bertz CT molecular complexity index is 553. The Morgan fingerprint density at radius 1 is 1.00 bits per heavy atom. The van der Waals surface area contributed by atoms with Crippen LogP contribution in [0, 0.1) is 5.82 Å². The van der Waals surface area contributed by atoms with E-state index in [1.807, 2.05) is 12.1 Å². The summed E-state index contributed by atoms with van der Waals surface area (Å²) in [4.78, 5) is 0. The second-order valence-corrected chi connectivity index (χ2v) is 4.95. The maximum Gasteiger partial charge on any atom is 0.127 e. The van der Waals surface area contributed by atoms with Crippen LogP contribution in [0.3, 0.4) is 0 Å². The summed E-state index contributed by atoms with van der Waals surface area (Å²) in [7, 11) is 0. The number of halogens is 1. The minimum Gasteiger partial charge on any atom is -0.508 e. The van der Waals surface area contributed by atoms with Gasteiger partial charge in [0, 0.05) is 6.07 Å². The van der Waals surface area contributed by atoms with Crippen LogP contribution >= 0.6 is 0 Å². The highest BCUT2D eigenvalue weighted by atomic mass is 19.1. The van der Waals surface area contributed by atoms with Crippen LogP contribution in [0.4, 0.5) is 4.39 Å². The summed E-state index contributed by atoms with van der Waals surface area (Å²) in [6.07, 6.45) is 3.80. The number of hydrogen-bond donors (Lipinski definition) is 1. The molecule has 18 heavy (non-hydrogen) atoms. The highest BCUT2D eigenvalue weighted by Gasteiger charge is 2.19. The van der Waals surface area contributed by atoms with E-state index in [1.54, 1.807) is 6.07 Å². The zero-order chi connectivity index (χ0) is 12.5. The van der Waals surface area contributed by atoms with Crippen molar-refractivity contribution < 1.29 is 9.50 Å². The molecule has 1 aliphatic carbocycles. The molecule has 0 aliphatic heterocycles. The third-order valence-electron chi connectivity index (χ3n) is 3.68. The number of rotatable bonds is 2. The molecule has 2 aromatic carbocycles. The molecule has 2 heteroatoms. The molecule has 0 radical (unpaired) electrons. The fraction of sp³-hybridized carbons (Fsp3) is 0.250. The van der Waals surface area contributed by atoms with E-state index in [0.717, 1.165) is 17.2 Å². The maximum atomic E-state index is 13.3. The summed E-state index contributed by atoms with van der Waals surface area (Å²) in [6.45, 7) is 0. The van der Waals surface area contributed by atoms with Gasteiger partial charge in [-0.2, -0.15) is 0 Å². The lowest BCUT2D eigenvalue weighted by Crippen LogP contribution is -2.08. The molecule has 1 nitrogen and oxygen atoms in total. The normalized spacial score (nSPS) is 15.4. The first-order valence-corrected chi connectivity index (χ1v) is 6.32. The summed E-state index contributed by atoms with van der Waals surface area (Å²) in [5, 5.41) is 9.45. The van der Waals surface area contributed by atoms with Gasteiger partial charge in [0.1, 0.15) is 11.6 Å². The molecule has 0 saturated heterocycles. The van der Waals surface area contributed by atoms with Crippen molar-refractivity contribution in [2.45, 2.75) is 25.2 Å². The van der Waals surface area contributed by atoms with E-state index >= 15 is 0 Å². The molecule has 1 saturated carbocycles. The van der Waals surface area contributed by atoms with Crippen LogP contribution in [-0.2, 0) is 0 Å². The van der Waals surface area contributed by atoms with Gasteiger partial charge in [-0.3, -0.25) is 0 Å². The Balaban J connectivity index is 2.00. The van der Waals surface area contributed by atoms with Crippen LogP contribution in [0.25, 0.3) is 11.1 Å². The smallest absolute Gasteiger partial charge is 0.127 e. The minimum absolute atomic E-state index is 0.0287. The molecule has 0 unspecified atom stereocenters. The minimum atomic E-state index is -0.404. The first-order chi connectivity index (χ1) is 8.72. The molecular weight excluding hydrogens is 227 g/mol. The van der Waals surface area contributed by atoms with Gasteiger partial charge in [0.15, 0.2) is 0 Å². The predicted octanol–water partition coefficient (Wildman–Crippen LogP) is 4.47. The van der Waals surface area contributed by atoms with Crippen molar-refractivity contribution >= 4 is 0 Å². The number of phenolic OH excluding ortho intramolecular Hbond substituents is 1. The second kappa shape index (κ2) is 4.45. The summed E-state index contributed by atoms with van der Waals surface area (Å²) in [5.41, 5.74) is 3.02. The summed E-state index contributed by atoms with van der Waals surface area (Å²) in [5.74, 6) is 0.227. The molecule has 92 valence electrons. The Morgan fingerprint density at radius 3 is 2.50 bits per heavy atom. The van der Waals surface area contributed by atoms with Gasteiger partial charge in [0.05, 0.1) is 0 Å². The van der Waals surface area contributed by atoms with Gasteiger partial charge in [-0.25, -0.2) is 4.39 Å². The van der Waals surface area contributed by atoms with Crippen LogP contribution in [-0.4, -0.2) is 5.11 Å². The van der Waals surface area contributed by atoms with Crippen LogP contribution in [0.5, 0.6) is 5.75 Å². The van der Waals surface area contributed by atoms with Gasteiger partial charge in [-0.15, -0.1) is 0 Å². The lowest BCUT2D eigenvalue weighted by atomic mass is 9.79. The van der Waals surface area contributed by atoms with E-state index in [1.165, 1.54) is 30.9 Å². The van der Waals surface area contributed by atoms with Gasteiger partial charge in [-0.05, 0) is 47.6 Å². The third kappa shape index (κ3) is 2.10. The number of benzene rings is 2. The van der Waals surface area contributed by atoms with E-state index in [4.69, 9.17) is 0 Å². The highest BCUT2D eigenvalue weighted by Crippen LogP contribution is 2.37. The van der Waals surface area contributed by atoms with E-state index < -0.39 is 5.82 Å². The van der Waals surface area contributed by atoms with Crippen LogP contribution < -0.4 is 0 Å². The van der Waals surface area contributed by atoms with Crippen molar-refractivity contribution in [1.82, 2.24) is 0 Å². The SMILES string of the molecule is Oc1cc(F)cc(-c2cccc(C3CCC3)c2)c1. The van der Waals surface area contributed by atoms with Gasteiger partial charge in [0.2, 0.25) is 0 Å². The molecule has 0 aromatic heterocycles. The Morgan fingerprint density at radius 2 is 1.83 bits per heavy atom. The molecule has 1 aliphatic rings. The van der Waals surface area contributed by atoms with Crippen LogP contribution in [0.1, 0.15) is 30.7 Å². The average Bonchev–Trinajstić information content (AvgIpc) is 2.26. The van der Waals surface area contributed by atoms with Crippen molar-refractivity contribution in [3.8, 4) is 16.9 Å². The van der Waals surface area contributed by atoms with Gasteiger partial charge >= 0.3 is 0 Å². The highest BCUT2D eigenvalue weighted by molar-refractivity contribution is 5.66. The number of hydrogen-bond acceptors (Lipinski definition) is 1. The average molecular weight is 242 g/mol. The molecule has 0 atom stereocenters. The predicted molar refractivity (Wildman–Crippen MR) is 70.1 cm³/mol. The standard InChI is InChI=1S/C16H15FO/c17-15-8-14(9-16(18)10-15)13-6-2-5-12(7-13)11-3-1-4-11/h2,5-11,18H,1,3-4H2. The molecule has 3 rings (SSSR count). The monoisotopic (exact) mass is 242 g/mol. The number of aromatic hydroxyl groups is 1. The lowest BCUT2D eigenvalue weighted by molar-refractivity contribution is 0.420. The molecule has 1 fully saturated rings. The van der Waals surface area contributed by atoms with Crippen molar-refractivity contribution in [2.75, 3.05) is 0 Å². The van der Waals surface area contributed by atoms with Crippen molar-refractivity contribution in [3.63, 3.8) is 0 Å². The van der Waals surface area contributed by atoms with Gasteiger partial charge in [0.25, 0.3) is 0 Å². The fourth-order valence-electron chi connectivity index (χ4n) is 2.45. The van der Waals surface area contributed by atoms with E-state index in [2.05, 4.69) is 12.1 Å². The quantitative estimate of drug-likeness (QED) is 0.824. The molecular formula is C16H15FO. The lowest BCUT2D eigenvalue weighted by Gasteiger charge is -2.26. The van der Waals surface area contributed by atoms with E-state index in [-0.39, 0.29) is 5.75 Å². The molecule has 1 N–H and O–H groups in total. The summed E-state index contributed by atoms with van der Waals surface area (Å²) < 4.78 is 13.3. The molecule has 2 aromatic rings. The van der Waals surface area contributed by atoms with E-state index in [0.29, 0.717) is 5.92 Å². The first kappa shape index (κ1) is 11.3. The summed E-state index contributed by atoms with van der Waals surface area (Å²) >= 11 is 0.